The van der Waals surface area contributed by atoms with Crippen molar-refractivity contribution in [3.05, 3.63) is 18.2 Å². The van der Waals surface area contributed by atoms with Crippen LogP contribution in [0.25, 0.3) is 0 Å². The van der Waals surface area contributed by atoms with Crippen molar-refractivity contribution in [3.63, 3.8) is 0 Å². The van der Waals surface area contributed by atoms with Crippen LogP contribution < -0.4 is 5.32 Å². The highest BCUT2D eigenvalue weighted by Gasteiger charge is 2.19. The van der Waals surface area contributed by atoms with Crippen molar-refractivity contribution in [1.29, 1.82) is 0 Å². The molecular formula is C15H27N3. The van der Waals surface area contributed by atoms with E-state index < -0.39 is 0 Å². The fourth-order valence-corrected chi connectivity index (χ4v) is 2.96. The zero-order valence-corrected chi connectivity index (χ0v) is 12.0. The van der Waals surface area contributed by atoms with Gasteiger partial charge < -0.3 is 9.88 Å². The molecular weight excluding hydrogens is 222 g/mol. The quantitative estimate of drug-likeness (QED) is 0.865. The van der Waals surface area contributed by atoms with Crippen molar-refractivity contribution in [3.8, 4) is 0 Å². The van der Waals surface area contributed by atoms with E-state index in [0.717, 1.165) is 12.5 Å². The summed E-state index contributed by atoms with van der Waals surface area (Å²) in [6.07, 6.45) is 10.8. The van der Waals surface area contributed by atoms with E-state index in [0.29, 0.717) is 12.1 Å². The third kappa shape index (κ3) is 3.35. The van der Waals surface area contributed by atoms with Crippen molar-refractivity contribution >= 4 is 0 Å². The summed E-state index contributed by atoms with van der Waals surface area (Å²) in [6, 6.07) is 1.21. The minimum atomic E-state index is 0.500. The lowest BCUT2D eigenvalue weighted by molar-refractivity contribution is 0.283. The SMILES string of the molecule is CCC1CCC(NCc2cncn2C(C)C)CC1. The van der Waals surface area contributed by atoms with Crippen LogP contribution in [0.2, 0.25) is 0 Å². The van der Waals surface area contributed by atoms with Gasteiger partial charge in [0.15, 0.2) is 0 Å². The number of hydrogen-bond donors (Lipinski definition) is 1. The molecule has 0 bridgehead atoms. The Morgan fingerprint density at radius 2 is 2.06 bits per heavy atom. The van der Waals surface area contributed by atoms with Gasteiger partial charge in [-0.05, 0) is 45.4 Å². The third-order valence-corrected chi connectivity index (χ3v) is 4.30. The number of hydrogen-bond acceptors (Lipinski definition) is 2. The summed E-state index contributed by atoms with van der Waals surface area (Å²) >= 11 is 0. The molecule has 0 unspecified atom stereocenters. The second kappa shape index (κ2) is 6.37. The maximum Gasteiger partial charge on any atom is 0.0951 e. The molecule has 0 radical (unpaired) electrons. The summed E-state index contributed by atoms with van der Waals surface area (Å²) in [4.78, 5) is 4.26. The van der Waals surface area contributed by atoms with Crippen LogP contribution in [0.3, 0.4) is 0 Å². The normalized spacial score (nSPS) is 24.7. The van der Waals surface area contributed by atoms with Crippen molar-refractivity contribution in [2.24, 2.45) is 5.92 Å². The Hall–Kier alpha value is -0.830. The van der Waals surface area contributed by atoms with Crippen LogP contribution in [0.1, 0.15) is 64.6 Å². The van der Waals surface area contributed by atoms with Gasteiger partial charge in [-0.3, -0.25) is 0 Å². The minimum Gasteiger partial charge on any atom is -0.331 e. The lowest BCUT2D eigenvalue weighted by Crippen LogP contribution is -2.33. The topological polar surface area (TPSA) is 29.9 Å². The molecule has 1 N–H and O–H groups in total. The zero-order valence-electron chi connectivity index (χ0n) is 12.0. The lowest BCUT2D eigenvalue weighted by atomic mass is 9.84. The third-order valence-electron chi connectivity index (χ3n) is 4.30. The maximum atomic E-state index is 4.26. The van der Waals surface area contributed by atoms with Gasteiger partial charge >= 0.3 is 0 Å². The predicted molar refractivity (Wildman–Crippen MR) is 75.5 cm³/mol. The molecule has 0 aromatic carbocycles. The van der Waals surface area contributed by atoms with E-state index in [4.69, 9.17) is 0 Å². The summed E-state index contributed by atoms with van der Waals surface area (Å²) in [6.45, 7) is 7.69. The summed E-state index contributed by atoms with van der Waals surface area (Å²) < 4.78 is 2.25. The Morgan fingerprint density at radius 1 is 1.33 bits per heavy atom. The Morgan fingerprint density at radius 3 is 2.67 bits per heavy atom. The Labute approximate surface area is 111 Å². The molecule has 1 aromatic heterocycles. The number of nitrogens with one attached hydrogen (secondary N) is 1. The molecule has 0 atom stereocenters. The highest BCUT2D eigenvalue weighted by Crippen LogP contribution is 2.26. The van der Waals surface area contributed by atoms with Gasteiger partial charge in [0.05, 0.1) is 12.0 Å². The van der Waals surface area contributed by atoms with E-state index >= 15 is 0 Å². The predicted octanol–water partition coefficient (Wildman–Crippen LogP) is 3.52. The van der Waals surface area contributed by atoms with E-state index in [1.54, 1.807) is 0 Å². The molecule has 1 aromatic rings. The van der Waals surface area contributed by atoms with Crippen LogP contribution in [0.5, 0.6) is 0 Å². The van der Waals surface area contributed by atoms with E-state index in [1.165, 1.54) is 37.8 Å². The molecule has 2 rings (SSSR count). The zero-order chi connectivity index (χ0) is 13.0. The van der Waals surface area contributed by atoms with Crippen molar-refractivity contribution < 1.29 is 0 Å². The molecule has 0 spiro atoms. The van der Waals surface area contributed by atoms with E-state index in [1.807, 2.05) is 12.5 Å². The fourth-order valence-electron chi connectivity index (χ4n) is 2.96. The van der Waals surface area contributed by atoms with Crippen LogP contribution in [-0.2, 0) is 6.54 Å². The van der Waals surface area contributed by atoms with Crippen LogP contribution in [0, 0.1) is 5.92 Å². The van der Waals surface area contributed by atoms with Crippen molar-refractivity contribution in [1.82, 2.24) is 14.9 Å². The van der Waals surface area contributed by atoms with Crippen molar-refractivity contribution in [2.75, 3.05) is 0 Å². The van der Waals surface area contributed by atoms with Gasteiger partial charge in [0, 0.05) is 24.8 Å². The first kappa shape index (κ1) is 13.6. The smallest absolute Gasteiger partial charge is 0.0951 e. The second-order valence-electron chi connectivity index (χ2n) is 5.89. The fraction of sp³-hybridized carbons (Fsp3) is 0.800. The molecule has 0 saturated heterocycles. The summed E-state index contributed by atoms with van der Waals surface area (Å²) in [5.41, 5.74) is 1.31. The molecule has 1 heterocycles. The van der Waals surface area contributed by atoms with Gasteiger partial charge in [-0.15, -0.1) is 0 Å². The maximum absolute atomic E-state index is 4.26. The summed E-state index contributed by atoms with van der Waals surface area (Å²) in [5.74, 6) is 0.976. The van der Waals surface area contributed by atoms with E-state index in [9.17, 15) is 0 Å². The average molecular weight is 249 g/mol. The first-order chi connectivity index (χ1) is 8.70. The summed E-state index contributed by atoms with van der Waals surface area (Å²) in [5, 5.41) is 3.70. The molecule has 1 aliphatic carbocycles. The molecule has 18 heavy (non-hydrogen) atoms. The number of rotatable bonds is 5. The highest BCUT2D eigenvalue weighted by atomic mass is 15.1. The number of aromatic nitrogens is 2. The van der Waals surface area contributed by atoms with Crippen LogP contribution >= 0.6 is 0 Å². The largest absolute Gasteiger partial charge is 0.331 e. The molecule has 1 fully saturated rings. The van der Waals surface area contributed by atoms with E-state index in [2.05, 4.69) is 35.6 Å². The van der Waals surface area contributed by atoms with Gasteiger partial charge in [-0.2, -0.15) is 0 Å². The van der Waals surface area contributed by atoms with Crippen LogP contribution in [-0.4, -0.2) is 15.6 Å². The van der Waals surface area contributed by atoms with Crippen molar-refractivity contribution in [2.45, 2.75) is 71.5 Å². The van der Waals surface area contributed by atoms with Gasteiger partial charge in [-0.25, -0.2) is 4.98 Å². The second-order valence-corrected chi connectivity index (χ2v) is 5.89. The van der Waals surface area contributed by atoms with Gasteiger partial charge in [0.1, 0.15) is 0 Å². The highest BCUT2D eigenvalue weighted by molar-refractivity contribution is 5.00. The molecule has 0 aliphatic heterocycles. The van der Waals surface area contributed by atoms with Gasteiger partial charge in [0.2, 0.25) is 0 Å². The Balaban J connectivity index is 1.80. The van der Waals surface area contributed by atoms with Crippen LogP contribution in [0.4, 0.5) is 0 Å². The molecule has 3 heteroatoms. The first-order valence-corrected chi connectivity index (χ1v) is 7.44. The standard InChI is InChI=1S/C15H27N3/c1-4-13-5-7-14(8-6-13)17-10-15-9-16-11-18(15)12(2)3/h9,11-14,17H,4-8,10H2,1-3H3. The molecule has 1 aliphatic rings. The molecule has 102 valence electrons. The lowest BCUT2D eigenvalue weighted by Gasteiger charge is -2.28. The average Bonchev–Trinajstić information content (AvgIpc) is 2.85. The van der Waals surface area contributed by atoms with Gasteiger partial charge in [-0.1, -0.05) is 13.3 Å². The minimum absolute atomic E-state index is 0.500. The Kier molecular flexibility index (Phi) is 4.81. The number of nitrogens with zero attached hydrogens (tertiary/aromatic N) is 2. The van der Waals surface area contributed by atoms with Gasteiger partial charge in [0.25, 0.3) is 0 Å². The van der Waals surface area contributed by atoms with Crippen LogP contribution in [0.15, 0.2) is 12.5 Å². The monoisotopic (exact) mass is 249 g/mol. The van der Waals surface area contributed by atoms with E-state index in [-0.39, 0.29) is 0 Å². The molecule has 0 amide bonds. The molecule has 3 nitrogen and oxygen atoms in total. The summed E-state index contributed by atoms with van der Waals surface area (Å²) in [7, 11) is 0. The number of imidazole rings is 1. The first-order valence-electron chi connectivity index (χ1n) is 7.44. The molecule has 1 saturated carbocycles. The Bertz CT molecular complexity index is 348.